The fraction of sp³-hybridized carbons (Fsp3) is 0.833. The Morgan fingerprint density at radius 2 is 2.31 bits per heavy atom. The van der Waals surface area contributed by atoms with E-state index < -0.39 is 0 Å². The zero-order valence-electron chi connectivity index (χ0n) is 8.68. The molecule has 0 aromatic rings. The molecule has 1 saturated carbocycles. The predicted molar refractivity (Wildman–Crippen MR) is 57.5 cm³/mol. The van der Waals surface area contributed by atoms with E-state index in [-0.39, 0.29) is 0 Å². The predicted octanol–water partition coefficient (Wildman–Crippen LogP) is 2.57. The van der Waals surface area contributed by atoms with Crippen LogP contribution in [0.25, 0.3) is 0 Å². The Morgan fingerprint density at radius 3 is 2.85 bits per heavy atom. The van der Waals surface area contributed by atoms with Crippen LogP contribution in [-0.4, -0.2) is 12.6 Å². The van der Waals surface area contributed by atoms with Crippen molar-refractivity contribution in [2.75, 3.05) is 6.54 Å². The smallest absolute Gasteiger partial charge is 0.00981 e. The van der Waals surface area contributed by atoms with E-state index in [4.69, 9.17) is 6.42 Å². The Balaban J connectivity index is 1.91. The monoisotopic (exact) mass is 179 g/mol. The van der Waals surface area contributed by atoms with Crippen molar-refractivity contribution in [2.24, 2.45) is 5.92 Å². The summed E-state index contributed by atoms with van der Waals surface area (Å²) in [6.07, 6.45) is 12.9. The number of nitrogens with one attached hydrogen (secondary N) is 1. The van der Waals surface area contributed by atoms with Crippen LogP contribution in [0.1, 0.15) is 45.4 Å². The van der Waals surface area contributed by atoms with E-state index in [1.165, 1.54) is 25.7 Å². The average Bonchev–Trinajstić information content (AvgIpc) is 2.06. The molecule has 1 atom stereocenters. The van der Waals surface area contributed by atoms with Gasteiger partial charge in [0.15, 0.2) is 0 Å². The van der Waals surface area contributed by atoms with Gasteiger partial charge in [0.05, 0.1) is 0 Å². The van der Waals surface area contributed by atoms with Crippen molar-refractivity contribution < 1.29 is 0 Å². The lowest BCUT2D eigenvalue weighted by molar-refractivity contribution is 0.266. The minimum absolute atomic E-state index is 0.683. The summed E-state index contributed by atoms with van der Waals surface area (Å²) < 4.78 is 0. The third-order valence-electron chi connectivity index (χ3n) is 2.90. The summed E-state index contributed by atoms with van der Waals surface area (Å²) in [5.41, 5.74) is 0. The van der Waals surface area contributed by atoms with E-state index in [1.54, 1.807) is 0 Å². The molecule has 0 spiro atoms. The molecule has 74 valence electrons. The highest BCUT2D eigenvalue weighted by Gasteiger charge is 2.19. The van der Waals surface area contributed by atoms with Gasteiger partial charge in [-0.3, -0.25) is 0 Å². The normalized spacial score (nSPS) is 19.1. The maximum absolute atomic E-state index is 5.18. The minimum Gasteiger partial charge on any atom is -0.314 e. The van der Waals surface area contributed by atoms with Crippen LogP contribution in [-0.2, 0) is 0 Å². The minimum atomic E-state index is 0.683. The van der Waals surface area contributed by atoms with Crippen molar-refractivity contribution in [2.45, 2.75) is 51.5 Å². The summed E-state index contributed by atoms with van der Waals surface area (Å²) in [6, 6.07) is 0.683. The van der Waals surface area contributed by atoms with Crippen molar-refractivity contribution in [3.8, 4) is 12.3 Å². The molecule has 0 saturated heterocycles. The molecule has 1 heteroatoms. The molecule has 1 aliphatic rings. The maximum atomic E-state index is 5.18. The Hall–Kier alpha value is -0.480. The van der Waals surface area contributed by atoms with Gasteiger partial charge in [-0.05, 0) is 32.2 Å². The number of hydrogen-bond donors (Lipinski definition) is 1. The van der Waals surface area contributed by atoms with E-state index in [0.717, 1.165) is 25.3 Å². The largest absolute Gasteiger partial charge is 0.314 e. The molecular formula is C12H21N. The Bertz CT molecular complexity index is 164. The summed E-state index contributed by atoms with van der Waals surface area (Å²) in [5, 5.41) is 3.52. The van der Waals surface area contributed by atoms with Crippen LogP contribution in [0.2, 0.25) is 0 Å². The van der Waals surface area contributed by atoms with E-state index in [9.17, 15) is 0 Å². The molecule has 1 aliphatic carbocycles. The lowest BCUT2D eigenvalue weighted by atomic mass is 9.81. The molecule has 0 aliphatic heterocycles. The molecule has 0 aromatic carbocycles. The lowest BCUT2D eigenvalue weighted by Crippen LogP contribution is -2.30. The summed E-state index contributed by atoms with van der Waals surface area (Å²) in [7, 11) is 0. The molecule has 1 rings (SSSR count). The molecule has 1 fully saturated rings. The standard InChI is InChI=1S/C12H21N/c1-3-4-5-9-13-11(2)10-12-7-6-8-12/h1,11-13H,4-10H2,2H3. The topological polar surface area (TPSA) is 12.0 Å². The van der Waals surface area contributed by atoms with Crippen LogP contribution in [0.4, 0.5) is 0 Å². The number of unbranched alkanes of at least 4 members (excludes halogenated alkanes) is 1. The van der Waals surface area contributed by atoms with Gasteiger partial charge in [0.1, 0.15) is 0 Å². The zero-order chi connectivity index (χ0) is 9.52. The van der Waals surface area contributed by atoms with Crippen LogP contribution in [0.15, 0.2) is 0 Å². The van der Waals surface area contributed by atoms with Crippen molar-refractivity contribution in [1.82, 2.24) is 5.32 Å². The van der Waals surface area contributed by atoms with Crippen molar-refractivity contribution in [1.29, 1.82) is 0 Å². The van der Waals surface area contributed by atoms with Gasteiger partial charge in [-0.1, -0.05) is 19.3 Å². The van der Waals surface area contributed by atoms with Gasteiger partial charge in [-0.15, -0.1) is 12.3 Å². The Morgan fingerprint density at radius 1 is 1.54 bits per heavy atom. The van der Waals surface area contributed by atoms with Crippen molar-refractivity contribution >= 4 is 0 Å². The third kappa shape index (κ3) is 4.33. The first-order valence-electron chi connectivity index (χ1n) is 5.49. The summed E-state index contributed by atoms with van der Waals surface area (Å²) in [6.45, 7) is 3.37. The molecule has 1 N–H and O–H groups in total. The van der Waals surface area contributed by atoms with Gasteiger partial charge in [0.25, 0.3) is 0 Å². The highest BCUT2D eigenvalue weighted by molar-refractivity contribution is 4.83. The van der Waals surface area contributed by atoms with E-state index >= 15 is 0 Å². The van der Waals surface area contributed by atoms with E-state index in [2.05, 4.69) is 18.2 Å². The maximum Gasteiger partial charge on any atom is 0.00981 e. The fourth-order valence-corrected chi connectivity index (χ4v) is 1.85. The Labute approximate surface area is 82.3 Å². The van der Waals surface area contributed by atoms with Crippen molar-refractivity contribution in [3.05, 3.63) is 0 Å². The first-order valence-corrected chi connectivity index (χ1v) is 5.49. The SMILES string of the molecule is C#CCCCNC(C)CC1CCC1. The quantitative estimate of drug-likeness (QED) is 0.488. The van der Waals surface area contributed by atoms with Crippen LogP contribution in [0.3, 0.4) is 0 Å². The number of terminal acetylenes is 1. The first-order chi connectivity index (χ1) is 6.33. The van der Waals surface area contributed by atoms with Crippen LogP contribution in [0.5, 0.6) is 0 Å². The second-order valence-electron chi connectivity index (χ2n) is 4.20. The summed E-state index contributed by atoms with van der Waals surface area (Å²) >= 11 is 0. The van der Waals surface area contributed by atoms with Crippen molar-refractivity contribution in [3.63, 3.8) is 0 Å². The third-order valence-corrected chi connectivity index (χ3v) is 2.90. The molecule has 0 aromatic heterocycles. The molecule has 0 heterocycles. The number of rotatable bonds is 6. The first kappa shape index (κ1) is 10.6. The second kappa shape index (κ2) is 6.05. The van der Waals surface area contributed by atoms with Crippen LogP contribution < -0.4 is 5.32 Å². The van der Waals surface area contributed by atoms with Gasteiger partial charge in [-0.25, -0.2) is 0 Å². The summed E-state index contributed by atoms with van der Waals surface area (Å²) in [5.74, 6) is 3.67. The molecule has 1 unspecified atom stereocenters. The molecule has 0 radical (unpaired) electrons. The van der Waals surface area contributed by atoms with Gasteiger partial charge in [-0.2, -0.15) is 0 Å². The average molecular weight is 179 g/mol. The highest BCUT2D eigenvalue weighted by atomic mass is 14.9. The Kier molecular flexibility index (Phi) is 4.93. The number of hydrogen-bond acceptors (Lipinski definition) is 1. The molecule has 1 nitrogen and oxygen atoms in total. The molecule has 0 bridgehead atoms. The van der Waals surface area contributed by atoms with Gasteiger partial charge < -0.3 is 5.32 Å². The molecule has 13 heavy (non-hydrogen) atoms. The van der Waals surface area contributed by atoms with Crippen LogP contribution >= 0.6 is 0 Å². The molecular weight excluding hydrogens is 158 g/mol. The van der Waals surface area contributed by atoms with E-state index in [1.807, 2.05) is 0 Å². The van der Waals surface area contributed by atoms with Gasteiger partial charge in [0.2, 0.25) is 0 Å². The second-order valence-corrected chi connectivity index (χ2v) is 4.20. The fourth-order valence-electron chi connectivity index (χ4n) is 1.85. The molecule has 0 amide bonds. The van der Waals surface area contributed by atoms with E-state index in [0.29, 0.717) is 6.04 Å². The van der Waals surface area contributed by atoms with Gasteiger partial charge >= 0.3 is 0 Å². The highest BCUT2D eigenvalue weighted by Crippen LogP contribution is 2.30. The zero-order valence-corrected chi connectivity index (χ0v) is 8.68. The summed E-state index contributed by atoms with van der Waals surface area (Å²) in [4.78, 5) is 0. The van der Waals surface area contributed by atoms with Gasteiger partial charge in [0, 0.05) is 12.5 Å². The van der Waals surface area contributed by atoms with Crippen LogP contribution in [0, 0.1) is 18.3 Å². The lowest BCUT2D eigenvalue weighted by Gasteiger charge is -2.28.